The zero-order valence-corrected chi connectivity index (χ0v) is 9.18. The van der Waals surface area contributed by atoms with Crippen LogP contribution in [0.25, 0.3) is 0 Å². The minimum atomic E-state index is -0.351. The number of nitrogens with one attached hydrogen (secondary N) is 1. The Morgan fingerprint density at radius 3 is 2.69 bits per heavy atom. The average molecular weight is 217 g/mol. The van der Waals surface area contributed by atoms with Crippen molar-refractivity contribution >= 4 is 5.91 Å². The molecule has 2 atom stereocenters. The van der Waals surface area contributed by atoms with Crippen molar-refractivity contribution in [3.63, 3.8) is 0 Å². The number of nitrogens with zero attached hydrogens (tertiary/aromatic N) is 1. The van der Waals surface area contributed by atoms with Gasteiger partial charge in [-0.25, -0.2) is 0 Å². The van der Waals surface area contributed by atoms with Crippen LogP contribution in [0, 0.1) is 17.2 Å². The molecule has 0 spiro atoms. The van der Waals surface area contributed by atoms with Gasteiger partial charge in [-0.2, -0.15) is 5.26 Å². The van der Waals surface area contributed by atoms with Crippen LogP contribution in [0.5, 0.6) is 0 Å². The van der Waals surface area contributed by atoms with Gasteiger partial charge in [0.05, 0.1) is 12.0 Å². The van der Waals surface area contributed by atoms with E-state index in [9.17, 15) is 4.79 Å². The molecule has 0 saturated carbocycles. The van der Waals surface area contributed by atoms with E-state index in [1.165, 1.54) is 0 Å². The number of carbonyl (C=O) groups is 1. The summed E-state index contributed by atoms with van der Waals surface area (Å²) in [6.07, 6.45) is 0. The van der Waals surface area contributed by atoms with E-state index in [1.54, 1.807) is 6.92 Å². The molecule has 84 valence electrons. The zero-order chi connectivity index (χ0) is 12.0. The molecular formula is C12H15N3O. The van der Waals surface area contributed by atoms with Gasteiger partial charge in [0.2, 0.25) is 5.91 Å². The first-order valence-electron chi connectivity index (χ1n) is 5.12. The molecule has 1 aromatic carbocycles. The molecule has 0 heterocycles. The van der Waals surface area contributed by atoms with Crippen LogP contribution in [0.4, 0.5) is 0 Å². The summed E-state index contributed by atoms with van der Waals surface area (Å²) in [4.78, 5) is 11.6. The molecule has 0 aliphatic heterocycles. The lowest BCUT2D eigenvalue weighted by atomic mass is 9.95. The van der Waals surface area contributed by atoms with Gasteiger partial charge >= 0.3 is 0 Å². The molecule has 1 amide bonds. The number of benzene rings is 1. The monoisotopic (exact) mass is 217 g/mol. The van der Waals surface area contributed by atoms with E-state index in [0.29, 0.717) is 0 Å². The molecule has 1 rings (SSSR count). The van der Waals surface area contributed by atoms with Crippen molar-refractivity contribution < 1.29 is 4.79 Å². The highest BCUT2D eigenvalue weighted by Gasteiger charge is 2.21. The molecule has 2 unspecified atom stereocenters. The standard InChI is InChI=1S/C12H15N3O/c1-9(12(16)15-8-7-13)11(14)10-5-3-2-4-6-10/h2-6,9,11H,8,14H2,1H3,(H,15,16). The number of rotatable bonds is 4. The Morgan fingerprint density at radius 2 is 2.12 bits per heavy atom. The lowest BCUT2D eigenvalue weighted by Crippen LogP contribution is -2.35. The molecule has 0 aliphatic rings. The van der Waals surface area contributed by atoms with Crippen LogP contribution in [0.2, 0.25) is 0 Å². The lowest BCUT2D eigenvalue weighted by Gasteiger charge is -2.18. The van der Waals surface area contributed by atoms with Crippen LogP contribution in [0.3, 0.4) is 0 Å². The van der Waals surface area contributed by atoms with Gasteiger partial charge in [-0.3, -0.25) is 4.79 Å². The van der Waals surface area contributed by atoms with Crippen LogP contribution in [0.15, 0.2) is 30.3 Å². The quantitative estimate of drug-likeness (QED) is 0.737. The van der Waals surface area contributed by atoms with E-state index in [-0.39, 0.29) is 24.4 Å². The third kappa shape index (κ3) is 3.07. The first-order chi connectivity index (χ1) is 7.66. The van der Waals surface area contributed by atoms with E-state index in [1.807, 2.05) is 36.4 Å². The maximum Gasteiger partial charge on any atom is 0.225 e. The number of hydrogen-bond donors (Lipinski definition) is 2. The van der Waals surface area contributed by atoms with E-state index in [0.717, 1.165) is 5.56 Å². The predicted octanol–water partition coefficient (Wildman–Crippen LogP) is 0.962. The molecule has 0 aliphatic carbocycles. The number of carbonyl (C=O) groups excluding carboxylic acids is 1. The van der Waals surface area contributed by atoms with Gasteiger partial charge in [0.25, 0.3) is 0 Å². The van der Waals surface area contributed by atoms with Crippen LogP contribution in [-0.4, -0.2) is 12.5 Å². The van der Waals surface area contributed by atoms with E-state index in [2.05, 4.69) is 5.32 Å². The predicted molar refractivity (Wildman–Crippen MR) is 61.2 cm³/mol. The fourth-order valence-corrected chi connectivity index (χ4v) is 1.41. The Hall–Kier alpha value is -1.86. The summed E-state index contributed by atoms with van der Waals surface area (Å²) in [6.45, 7) is 1.77. The minimum Gasteiger partial charge on any atom is -0.343 e. The van der Waals surface area contributed by atoms with Crippen LogP contribution >= 0.6 is 0 Å². The second kappa shape index (κ2) is 5.89. The molecule has 4 heteroatoms. The smallest absolute Gasteiger partial charge is 0.225 e. The normalized spacial score (nSPS) is 13.6. The first kappa shape index (κ1) is 12.2. The third-order valence-corrected chi connectivity index (χ3v) is 2.48. The molecule has 0 bridgehead atoms. The highest BCUT2D eigenvalue weighted by atomic mass is 16.1. The maximum absolute atomic E-state index is 11.6. The van der Waals surface area contributed by atoms with Crippen molar-refractivity contribution in [2.24, 2.45) is 11.7 Å². The number of hydrogen-bond acceptors (Lipinski definition) is 3. The average Bonchev–Trinajstić information content (AvgIpc) is 2.35. The number of nitrogens with two attached hydrogens (primary N) is 1. The van der Waals surface area contributed by atoms with Crippen molar-refractivity contribution in [3.05, 3.63) is 35.9 Å². The van der Waals surface area contributed by atoms with Gasteiger partial charge in [-0.1, -0.05) is 37.3 Å². The van der Waals surface area contributed by atoms with Crippen LogP contribution < -0.4 is 11.1 Å². The Kier molecular flexibility index (Phi) is 4.49. The summed E-state index contributed by atoms with van der Waals surface area (Å²) >= 11 is 0. The van der Waals surface area contributed by atoms with Crippen molar-refractivity contribution in [3.8, 4) is 6.07 Å². The molecule has 0 saturated heterocycles. The Balaban J connectivity index is 2.64. The molecular weight excluding hydrogens is 202 g/mol. The van der Waals surface area contributed by atoms with E-state index in [4.69, 9.17) is 11.0 Å². The van der Waals surface area contributed by atoms with E-state index < -0.39 is 0 Å². The lowest BCUT2D eigenvalue weighted by molar-refractivity contribution is -0.124. The first-order valence-corrected chi connectivity index (χ1v) is 5.12. The van der Waals surface area contributed by atoms with Gasteiger partial charge in [0, 0.05) is 6.04 Å². The fraction of sp³-hybridized carbons (Fsp3) is 0.333. The summed E-state index contributed by atoms with van der Waals surface area (Å²) in [5, 5.41) is 10.9. The zero-order valence-electron chi connectivity index (χ0n) is 9.18. The summed E-state index contributed by atoms with van der Waals surface area (Å²) < 4.78 is 0. The Labute approximate surface area is 95.1 Å². The van der Waals surface area contributed by atoms with Crippen LogP contribution in [-0.2, 0) is 4.79 Å². The molecule has 0 radical (unpaired) electrons. The van der Waals surface area contributed by atoms with E-state index >= 15 is 0 Å². The maximum atomic E-state index is 11.6. The summed E-state index contributed by atoms with van der Waals surface area (Å²) in [7, 11) is 0. The summed E-state index contributed by atoms with van der Waals surface area (Å²) in [5.74, 6) is -0.548. The van der Waals surface area contributed by atoms with Gasteiger partial charge in [0.15, 0.2) is 0 Å². The molecule has 1 aromatic rings. The molecule has 4 nitrogen and oxygen atoms in total. The summed E-state index contributed by atoms with van der Waals surface area (Å²) in [5.41, 5.74) is 6.89. The number of nitriles is 1. The fourth-order valence-electron chi connectivity index (χ4n) is 1.41. The molecule has 0 aromatic heterocycles. The van der Waals surface area contributed by atoms with Crippen LogP contribution in [0.1, 0.15) is 18.5 Å². The number of amides is 1. The molecule has 0 fully saturated rings. The van der Waals surface area contributed by atoms with Gasteiger partial charge in [-0.15, -0.1) is 0 Å². The summed E-state index contributed by atoms with van der Waals surface area (Å²) in [6, 6.07) is 11.0. The van der Waals surface area contributed by atoms with Gasteiger partial charge in [-0.05, 0) is 5.56 Å². The Bertz CT molecular complexity index is 383. The second-order valence-corrected chi connectivity index (χ2v) is 3.60. The Morgan fingerprint density at radius 1 is 1.50 bits per heavy atom. The van der Waals surface area contributed by atoms with Crippen molar-refractivity contribution in [2.45, 2.75) is 13.0 Å². The van der Waals surface area contributed by atoms with Gasteiger partial charge < -0.3 is 11.1 Å². The topological polar surface area (TPSA) is 78.9 Å². The third-order valence-electron chi connectivity index (χ3n) is 2.48. The minimum absolute atomic E-state index is 0.0185. The second-order valence-electron chi connectivity index (χ2n) is 3.60. The SMILES string of the molecule is CC(C(=O)NCC#N)C(N)c1ccccc1. The highest BCUT2D eigenvalue weighted by molar-refractivity contribution is 5.79. The molecule has 3 N–H and O–H groups in total. The van der Waals surface area contributed by atoms with Crippen molar-refractivity contribution in [1.82, 2.24) is 5.32 Å². The van der Waals surface area contributed by atoms with Crippen molar-refractivity contribution in [2.75, 3.05) is 6.54 Å². The van der Waals surface area contributed by atoms with Crippen molar-refractivity contribution in [1.29, 1.82) is 5.26 Å². The molecule has 16 heavy (non-hydrogen) atoms. The largest absolute Gasteiger partial charge is 0.343 e. The van der Waals surface area contributed by atoms with Gasteiger partial charge in [0.1, 0.15) is 6.54 Å². The highest BCUT2D eigenvalue weighted by Crippen LogP contribution is 2.18.